The summed E-state index contributed by atoms with van der Waals surface area (Å²) in [5, 5.41) is 11.9. The van der Waals surface area contributed by atoms with Gasteiger partial charge in [0.25, 0.3) is 0 Å². The molecule has 0 aromatic rings. The number of carboxylic acids is 1. The van der Waals surface area contributed by atoms with Crippen LogP contribution in [0.25, 0.3) is 0 Å². The topological polar surface area (TPSA) is 84.9 Å². The van der Waals surface area contributed by atoms with Crippen molar-refractivity contribution in [3.05, 3.63) is 0 Å². The van der Waals surface area contributed by atoms with Crippen LogP contribution in [0.2, 0.25) is 0 Å². The summed E-state index contributed by atoms with van der Waals surface area (Å²) in [4.78, 5) is 23.0. The zero-order chi connectivity index (χ0) is 15.8. The van der Waals surface area contributed by atoms with Crippen LogP contribution in [0, 0.1) is 11.8 Å². The number of aliphatic carboxylic acids is 1. The molecule has 1 saturated carbocycles. The zero-order valence-corrected chi connectivity index (χ0v) is 13.1. The number of rotatable bonds is 8. The van der Waals surface area contributed by atoms with Crippen LogP contribution in [0.15, 0.2) is 0 Å². The number of hydrogen-bond acceptors (Lipinski definition) is 4. The molecule has 1 amide bonds. The van der Waals surface area contributed by atoms with Crippen molar-refractivity contribution >= 4 is 11.9 Å². The molecule has 3 unspecified atom stereocenters. The first-order valence-electron chi connectivity index (χ1n) is 8.36. The van der Waals surface area contributed by atoms with Crippen LogP contribution in [-0.2, 0) is 19.1 Å². The summed E-state index contributed by atoms with van der Waals surface area (Å²) in [6.45, 7) is 2.67. The van der Waals surface area contributed by atoms with Crippen molar-refractivity contribution < 1.29 is 24.2 Å². The van der Waals surface area contributed by atoms with E-state index in [1.807, 2.05) is 0 Å². The molecule has 6 nitrogen and oxygen atoms in total. The molecule has 3 atom stereocenters. The lowest BCUT2D eigenvalue weighted by atomic mass is 9.81. The first kappa shape index (κ1) is 17.2. The number of amides is 1. The molecule has 2 N–H and O–H groups in total. The second-order valence-electron chi connectivity index (χ2n) is 6.25. The lowest BCUT2D eigenvalue weighted by Gasteiger charge is -2.25. The van der Waals surface area contributed by atoms with Crippen molar-refractivity contribution in [2.45, 2.75) is 51.0 Å². The Balaban J connectivity index is 1.52. The molecule has 2 fully saturated rings. The van der Waals surface area contributed by atoms with Gasteiger partial charge in [0.1, 0.15) is 0 Å². The molecule has 2 aliphatic rings. The van der Waals surface area contributed by atoms with Gasteiger partial charge in [-0.25, -0.2) is 0 Å². The van der Waals surface area contributed by atoms with Gasteiger partial charge in [0.2, 0.25) is 5.91 Å². The molecule has 0 aromatic carbocycles. The molecule has 0 spiro atoms. The van der Waals surface area contributed by atoms with Crippen molar-refractivity contribution in [3.63, 3.8) is 0 Å². The van der Waals surface area contributed by atoms with Gasteiger partial charge in [0.15, 0.2) is 0 Å². The average molecular weight is 313 g/mol. The van der Waals surface area contributed by atoms with E-state index in [0.29, 0.717) is 32.6 Å². The third-order valence-corrected chi connectivity index (χ3v) is 4.49. The maximum Gasteiger partial charge on any atom is 0.306 e. The number of carboxylic acid groups (broad SMARTS) is 1. The fourth-order valence-electron chi connectivity index (χ4n) is 3.17. The Morgan fingerprint density at radius 2 is 2.00 bits per heavy atom. The van der Waals surface area contributed by atoms with Crippen molar-refractivity contribution in [3.8, 4) is 0 Å². The fraction of sp³-hybridized carbons (Fsp3) is 0.875. The predicted octanol–water partition coefficient (Wildman–Crippen LogP) is 1.58. The highest BCUT2D eigenvalue weighted by atomic mass is 16.5. The monoisotopic (exact) mass is 313 g/mol. The molecule has 0 aromatic heterocycles. The summed E-state index contributed by atoms with van der Waals surface area (Å²) in [6, 6.07) is 0. The average Bonchev–Trinajstić information content (AvgIpc) is 3.04. The summed E-state index contributed by atoms with van der Waals surface area (Å²) >= 11 is 0. The lowest BCUT2D eigenvalue weighted by molar-refractivity contribution is -0.144. The highest BCUT2D eigenvalue weighted by Crippen LogP contribution is 2.29. The van der Waals surface area contributed by atoms with Crippen molar-refractivity contribution in [1.29, 1.82) is 0 Å². The molecule has 0 bridgehead atoms. The van der Waals surface area contributed by atoms with Crippen LogP contribution < -0.4 is 5.32 Å². The maximum atomic E-state index is 12.0. The largest absolute Gasteiger partial charge is 0.481 e. The number of hydrogen-bond donors (Lipinski definition) is 2. The van der Waals surface area contributed by atoms with Gasteiger partial charge in [-0.2, -0.15) is 0 Å². The van der Waals surface area contributed by atoms with Crippen molar-refractivity contribution in [2.24, 2.45) is 11.8 Å². The first-order valence-corrected chi connectivity index (χ1v) is 8.36. The van der Waals surface area contributed by atoms with Gasteiger partial charge >= 0.3 is 5.97 Å². The highest BCUT2D eigenvalue weighted by molar-refractivity contribution is 5.80. The van der Waals surface area contributed by atoms with E-state index in [1.54, 1.807) is 0 Å². The summed E-state index contributed by atoms with van der Waals surface area (Å²) in [7, 11) is 0. The van der Waals surface area contributed by atoms with E-state index >= 15 is 0 Å². The predicted molar refractivity (Wildman–Crippen MR) is 80.5 cm³/mol. The third-order valence-electron chi connectivity index (χ3n) is 4.49. The smallest absolute Gasteiger partial charge is 0.306 e. The van der Waals surface area contributed by atoms with Crippen LogP contribution in [0.1, 0.15) is 44.9 Å². The van der Waals surface area contributed by atoms with Gasteiger partial charge in [0.05, 0.1) is 18.6 Å². The summed E-state index contributed by atoms with van der Waals surface area (Å²) in [5.41, 5.74) is 0. The van der Waals surface area contributed by atoms with E-state index in [-0.39, 0.29) is 23.8 Å². The number of ether oxygens (including phenoxy) is 2. The Morgan fingerprint density at radius 1 is 1.18 bits per heavy atom. The van der Waals surface area contributed by atoms with Gasteiger partial charge in [-0.15, -0.1) is 0 Å². The number of carbonyl (C=O) groups is 2. The summed E-state index contributed by atoms with van der Waals surface area (Å²) < 4.78 is 11.0. The van der Waals surface area contributed by atoms with E-state index in [2.05, 4.69) is 5.32 Å². The molecule has 0 radical (unpaired) electrons. The van der Waals surface area contributed by atoms with E-state index in [9.17, 15) is 9.59 Å². The second kappa shape index (κ2) is 9.10. The number of carbonyl (C=O) groups excluding carboxylic acids is 1. The van der Waals surface area contributed by atoms with Gasteiger partial charge < -0.3 is 19.9 Å². The van der Waals surface area contributed by atoms with Crippen LogP contribution in [0.5, 0.6) is 0 Å². The van der Waals surface area contributed by atoms with Crippen LogP contribution in [0.3, 0.4) is 0 Å². The lowest BCUT2D eigenvalue weighted by Crippen LogP contribution is -2.36. The summed E-state index contributed by atoms with van der Waals surface area (Å²) in [5.74, 6) is -1.30. The van der Waals surface area contributed by atoms with Gasteiger partial charge in [-0.1, -0.05) is 6.42 Å². The second-order valence-corrected chi connectivity index (χ2v) is 6.25. The third kappa shape index (κ3) is 5.57. The van der Waals surface area contributed by atoms with Gasteiger partial charge in [0, 0.05) is 25.7 Å². The Hall–Kier alpha value is -1.14. The minimum atomic E-state index is -0.778. The minimum absolute atomic E-state index is 0.00919. The quantitative estimate of drug-likeness (QED) is 0.665. The standard InChI is InChI=1S/C16H27NO5/c18-15(12-4-1-5-13(10-12)16(19)20)17-7-3-8-21-11-14-6-2-9-22-14/h12-14H,1-11H2,(H,17,18)(H,19,20). The minimum Gasteiger partial charge on any atom is -0.481 e. The van der Waals surface area contributed by atoms with Crippen LogP contribution >= 0.6 is 0 Å². The Labute approximate surface area is 131 Å². The Kier molecular flexibility index (Phi) is 7.12. The molecule has 126 valence electrons. The van der Waals surface area contributed by atoms with Gasteiger partial charge in [-0.3, -0.25) is 9.59 Å². The van der Waals surface area contributed by atoms with E-state index in [0.717, 1.165) is 38.7 Å². The summed E-state index contributed by atoms with van der Waals surface area (Å²) in [6.07, 6.45) is 5.97. The van der Waals surface area contributed by atoms with Crippen LogP contribution in [-0.4, -0.2) is 49.5 Å². The fourth-order valence-corrected chi connectivity index (χ4v) is 3.17. The number of nitrogens with one attached hydrogen (secondary N) is 1. The maximum absolute atomic E-state index is 12.0. The molecule has 1 heterocycles. The normalized spacial score (nSPS) is 28.5. The SMILES string of the molecule is O=C(O)C1CCCC(C(=O)NCCCOCC2CCCO2)C1. The molecule has 1 saturated heterocycles. The Morgan fingerprint density at radius 3 is 2.73 bits per heavy atom. The molecule has 2 rings (SSSR count). The molecular weight excluding hydrogens is 286 g/mol. The van der Waals surface area contributed by atoms with E-state index < -0.39 is 5.97 Å². The highest BCUT2D eigenvalue weighted by Gasteiger charge is 2.30. The van der Waals surface area contributed by atoms with Crippen LogP contribution in [0.4, 0.5) is 0 Å². The van der Waals surface area contributed by atoms with E-state index in [4.69, 9.17) is 14.6 Å². The molecule has 1 aliphatic heterocycles. The van der Waals surface area contributed by atoms with E-state index in [1.165, 1.54) is 0 Å². The Bertz CT molecular complexity index is 368. The molecule has 1 aliphatic carbocycles. The van der Waals surface area contributed by atoms with Crippen molar-refractivity contribution in [2.75, 3.05) is 26.4 Å². The van der Waals surface area contributed by atoms with Gasteiger partial charge in [-0.05, 0) is 38.5 Å². The molecule has 22 heavy (non-hydrogen) atoms. The molecule has 6 heteroatoms. The zero-order valence-electron chi connectivity index (χ0n) is 13.1. The first-order chi connectivity index (χ1) is 10.7. The molecular formula is C16H27NO5. The van der Waals surface area contributed by atoms with Crippen molar-refractivity contribution in [1.82, 2.24) is 5.32 Å².